The molecule has 0 unspecified atom stereocenters. The molecule has 1 aromatic heterocycles. The van der Waals surface area contributed by atoms with Gasteiger partial charge < -0.3 is 9.88 Å². The van der Waals surface area contributed by atoms with Crippen molar-refractivity contribution >= 4 is 58.2 Å². The summed E-state index contributed by atoms with van der Waals surface area (Å²) in [7, 11) is 0. The van der Waals surface area contributed by atoms with Gasteiger partial charge in [-0.15, -0.1) is 0 Å². The first-order chi connectivity index (χ1) is 11.8. The minimum absolute atomic E-state index is 0.198. The normalized spacial score (nSPS) is 11.0. The Kier molecular flexibility index (Phi) is 7.50. The van der Waals surface area contributed by atoms with Gasteiger partial charge >= 0.3 is 0 Å². The van der Waals surface area contributed by atoms with Gasteiger partial charge in [0.05, 0.1) is 27.2 Å². The molecule has 1 N–H and O–H groups in total. The van der Waals surface area contributed by atoms with E-state index in [1.54, 1.807) is 12.1 Å². The Balaban J connectivity index is 2.05. The average Bonchev–Trinajstić information content (AvgIpc) is 2.81. The van der Waals surface area contributed by atoms with Crippen LogP contribution in [0.4, 0.5) is 5.69 Å². The highest BCUT2D eigenvalue weighted by Gasteiger charge is 2.15. The van der Waals surface area contributed by atoms with Gasteiger partial charge in [-0.25, -0.2) is 4.98 Å². The molecule has 0 bridgehead atoms. The highest BCUT2D eigenvalue weighted by Crippen LogP contribution is 2.34. The van der Waals surface area contributed by atoms with E-state index in [-0.39, 0.29) is 11.7 Å². The zero-order valence-electron chi connectivity index (χ0n) is 14.3. The van der Waals surface area contributed by atoms with Crippen LogP contribution in [0.15, 0.2) is 17.3 Å². The van der Waals surface area contributed by atoms with Crippen molar-refractivity contribution in [2.24, 2.45) is 0 Å². The van der Waals surface area contributed by atoms with Crippen molar-refractivity contribution in [2.75, 3.05) is 11.1 Å². The number of hydrogen-bond acceptors (Lipinski definition) is 3. The van der Waals surface area contributed by atoms with Crippen LogP contribution in [0.2, 0.25) is 15.1 Å². The quantitative estimate of drug-likeness (QED) is 0.559. The van der Waals surface area contributed by atoms with Crippen LogP contribution < -0.4 is 5.32 Å². The number of nitrogens with zero attached hydrogens (tertiary/aromatic N) is 2. The Labute approximate surface area is 167 Å². The monoisotopic (exact) mass is 419 g/mol. The molecule has 0 atom stereocenters. The molecule has 8 heteroatoms. The van der Waals surface area contributed by atoms with E-state index in [0.29, 0.717) is 20.8 Å². The summed E-state index contributed by atoms with van der Waals surface area (Å²) in [5.74, 6) is 0.0218. The Bertz CT molecular complexity index is 754. The summed E-state index contributed by atoms with van der Waals surface area (Å²) in [6, 6.07) is 3.09. The lowest BCUT2D eigenvalue weighted by Gasteiger charge is -2.11. The predicted molar refractivity (Wildman–Crippen MR) is 107 cm³/mol. The largest absolute Gasteiger partial charge is 0.323 e. The third-order valence-electron chi connectivity index (χ3n) is 3.76. The molecule has 1 heterocycles. The maximum absolute atomic E-state index is 12.3. The summed E-state index contributed by atoms with van der Waals surface area (Å²) in [6.07, 6.45) is 2.18. The maximum atomic E-state index is 12.3. The smallest absolute Gasteiger partial charge is 0.234 e. The number of unbranched alkanes of at least 4 members (excludes halogenated alkanes) is 1. The highest BCUT2D eigenvalue weighted by molar-refractivity contribution is 7.99. The van der Waals surface area contributed by atoms with Crippen LogP contribution in [0.1, 0.15) is 31.2 Å². The third kappa shape index (κ3) is 5.30. The standard InChI is InChI=1S/C17H20Cl3N3OS/c1-4-5-6-23-11(3)10(2)21-17(23)25-9-15(24)22-16-13(19)7-12(18)8-14(16)20/h7-8H,4-6,9H2,1-3H3,(H,22,24). The van der Waals surface area contributed by atoms with E-state index in [1.807, 2.05) is 6.92 Å². The van der Waals surface area contributed by atoms with Gasteiger partial charge in [0.15, 0.2) is 5.16 Å². The number of aryl methyl sites for hydroxylation is 1. The second-order valence-electron chi connectivity index (χ2n) is 5.65. The molecule has 0 radical (unpaired) electrons. The van der Waals surface area contributed by atoms with E-state index in [1.165, 1.54) is 11.8 Å². The Morgan fingerprint density at radius 2 is 1.88 bits per heavy atom. The number of carbonyl (C=O) groups is 1. The molecule has 136 valence electrons. The van der Waals surface area contributed by atoms with Gasteiger partial charge in [0.2, 0.25) is 5.91 Å². The number of thioether (sulfide) groups is 1. The molecule has 0 aliphatic heterocycles. The van der Waals surface area contributed by atoms with Crippen LogP contribution in [-0.4, -0.2) is 21.2 Å². The van der Waals surface area contributed by atoms with Crippen LogP contribution in [0, 0.1) is 13.8 Å². The number of halogens is 3. The molecular weight excluding hydrogens is 401 g/mol. The van der Waals surface area contributed by atoms with Gasteiger partial charge in [0, 0.05) is 17.3 Å². The number of aromatic nitrogens is 2. The van der Waals surface area contributed by atoms with Crippen molar-refractivity contribution in [3.05, 3.63) is 38.6 Å². The first-order valence-corrected chi connectivity index (χ1v) is 10.1. The molecule has 1 amide bonds. The number of imidazole rings is 1. The fourth-order valence-electron chi connectivity index (χ4n) is 2.28. The first-order valence-electron chi connectivity index (χ1n) is 7.94. The molecule has 0 spiro atoms. The average molecular weight is 421 g/mol. The first kappa shape index (κ1) is 20.4. The molecule has 2 aromatic rings. The van der Waals surface area contributed by atoms with Gasteiger partial charge in [-0.3, -0.25) is 4.79 Å². The van der Waals surface area contributed by atoms with Gasteiger partial charge in [-0.05, 0) is 32.4 Å². The fourth-order valence-corrected chi connectivity index (χ4v) is 4.11. The summed E-state index contributed by atoms with van der Waals surface area (Å²) in [4.78, 5) is 16.8. The molecule has 0 saturated carbocycles. The van der Waals surface area contributed by atoms with Crippen LogP contribution in [0.3, 0.4) is 0 Å². The second kappa shape index (κ2) is 9.17. The lowest BCUT2D eigenvalue weighted by atomic mass is 10.3. The highest BCUT2D eigenvalue weighted by atomic mass is 35.5. The molecule has 25 heavy (non-hydrogen) atoms. The molecule has 1 aromatic carbocycles. The fraction of sp³-hybridized carbons (Fsp3) is 0.412. The molecule has 0 aliphatic rings. The number of nitrogens with one attached hydrogen (secondary N) is 1. The molecular formula is C17H20Cl3N3OS. The van der Waals surface area contributed by atoms with Crippen LogP contribution >= 0.6 is 46.6 Å². The minimum Gasteiger partial charge on any atom is -0.323 e. The van der Waals surface area contributed by atoms with E-state index in [2.05, 4.69) is 28.7 Å². The number of benzene rings is 1. The topological polar surface area (TPSA) is 46.9 Å². The molecule has 0 fully saturated rings. The number of amides is 1. The van der Waals surface area contributed by atoms with Crippen LogP contribution in [0.5, 0.6) is 0 Å². The van der Waals surface area contributed by atoms with Crippen molar-refractivity contribution < 1.29 is 4.79 Å². The molecule has 4 nitrogen and oxygen atoms in total. The minimum atomic E-state index is -0.198. The van der Waals surface area contributed by atoms with E-state index in [4.69, 9.17) is 34.8 Å². The van der Waals surface area contributed by atoms with E-state index in [9.17, 15) is 4.79 Å². The van der Waals surface area contributed by atoms with Gasteiger partial charge in [0.1, 0.15) is 0 Å². The second-order valence-corrected chi connectivity index (χ2v) is 7.85. The zero-order valence-corrected chi connectivity index (χ0v) is 17.4. The van der Waals surface area contributed by atoms with Crippen molar-refractivity contribution in [1.82, 2.24) is 9.55 Å². The maximum Gasteiger partial charge on any atom is 0.234 e. The number of rotatable bonds is 7. The summed E-state index contributed by atoms with van der Waals surface area (Å²) in [5.41, 5.74) is 2.50. The van der Waals surface area contributed by atoms with Gasteiger partial charge in [0.25, 0.3) is 0 Å². The third-order valence-corrected chi connectivity index (χ3v) is 5.55. The lowest BCUT2D eigenvalue weighted by molar-refractivity contribution is -0.113. The number of carbonyl (C=O) groups excluding carboxylic acids is 1. The summed E-state index contributed by atoms with van der Waals surface area (Å²) < 4.78 is 2.17. The van der Waals surface area contributed by atoms with Crippen LogP contribution in [0.25, 0.3) is 0 Å². The number of hydrogen-bond donors (Lipinski definition) is 1. The van der Waals surface area contributed by atoms with Gasteiger partial charge in [-0.1, -0.05) is 59.9 Å². The summed E-state index contributed by atoms with van der Waals surface area (Å²) in [6.45, 7) is 7.09. The molecule has 2 rings (SSSR count). The Hall–Kier alpha value is -0.880. The van der Waals surface area contributed by atoms with Crippen LogP contribution in [-0.2, 0) is 11.3 Å². The van der Waals surface area contributed by atoms with E-state index >= 15 is 0 Å². The van der Waals surface area contributed by atoms with Crippen molar-refractivity contribution in [3.63, 3.8) is 0 Å². The zero-order chi connectivity index (χ0) is 18.6. The van der Waals surface area contributed by atoms with E-state index < -0.39 is 0 Å². The molecule has 0 aliphatic carbocycles. The SMILES string of the molecule is CCCCn1c(SCC(=O)Nc2c(Cl)cc(Cl)cc2Cl)nc(C)c1C. The number of anilines is 1. The predicted octanol–water partition coefficient (Wildman–Crippen LogP) is 5.99. The van der Waals surface area contributed by atoms with Crippen molar-refractivity contribution in [3.8, 4) is 0 Å². The van der Waals surface area contributed by atoms with E-state index in [0.717, 1.165) is 35.9 Å². The van der Waals surface area contributed by atoms with Crippen molar-refractivity contribution in [2.45, 2.75) is 45.3 Å². The van der Waals surface area contributed by atoms with Crippen molar-refractivity contribution in [1.29, 1.82) is 0 Å². The molecule has 0 saturated heterocycles. The van der Waals surface area contributed by atoms with Gasteiger partial charge in [-0.2, -0.15) is 0 Å². The summed E-state index contributed by atoms with van der Waals surface area (Å²) in [5, 5.41) is 4.64. The lowest BCUT2D eigenvalue weighted by Crippen LogP contribution is -2.15. The summed E-state index contributed by atoms with van der Waals surface area (Å²) >= 11 is 19.5. The Morgan fingerprint density at radius 3 is 2.48 bits per heavy atom. The Morgan fingerprint density at radius 1 is 1.24 bits per heavy atom.